The van der Waals surface area contributed by atoms with E-state index in [-0.39, 0.29) is 0 Å². The minimum absolute atomic E-state index is 0.516. The Morgan fingerprint density at radius 3 is 3.15 bits per heavy atom. The van der Waals surface area contributed by atoms with E-state index >= 15 is 0 Å². The highest BCUT2D eigenvalue weighted by atomic mass is 15.1. The minimum atomic E-state index is 0.516. The van der Waals surface area contributed by atoms with E-state index in [2.05, 4.69) is 28.7 Å². The average Bonchev–Trinajstić information content (AvgIpc) is 2.71. The fourth-order valence-corrected chi connectivity index (χ4v) is 2.08. The Labute approximate surface area is 79.2 Å². The molecule has 3 nitrogen and oxygen atoms in total. The monoisotopic (exact) mass is 179 g/mol. The molecule has 1 aromatic heterocycles. The summed E-state index contributed by atoms with van der Waals surface area (Å²) in [5, 5.41) is 3.52. The lowest BCUT2D eigenvalue weighted by atomic mass is 10.0. The van der Waals surface area contributed by atoms with Gasteiger partial charge in [0.05, 0.1) is 18.1 Å². The van der Waals surface area contributed by atoms with Crippen molar-refractivity contribution in [3.63, 3.8) is 0 Å². The van der Waals surface area contributed by atoms with E-state index in [1.807, 2.05) is 12.5 Å². The largest absolute Gasteiger partial charge is 0.333 e. The van der Waals surface area contributed by atoms with Gasteiger partial charge in [-0.25, -0.2) is 4.98 Å². The molecule has 13 heavy (non-hydrogen) atoms. The van der Waals surface area contributed by atoms with Gasteiger partial charge in [-0.15, -0.1) is 0 Å². The zero-order valence-corrected chi connectivity index (χ0v) is 8.33. The van der Waals surface area contributed by atoms with Crippen molar-refractivity contribution in [2.24, 2.45) is 5.92 Å². The lowest BCUT2D eigenvalue weighted by Crippen LogP contribution is -2.19. The van der Waals surface area contributed by atoms with Crippen LogP contribution >= 0.6 is 0 Å². The molecule has 1 aliphatic heterocycles. The maximum atomic E-state index is 4.19. The third kappa shape index (κ3) is 1.48. The van der Waals surface area contributed by atoms with E-state index in [0.29, 0.717) is 6.04 Å². The van der Waals surface area contributed by atoms with Crippen LogP contribution in [0.1, 0.15) is 32.0 Å². The summed E-state index contributed by atoms with van der Waals surface area (Å²) in [5.74, 6) is 0.738. The van der Waals surface area contributed by atoms with Gasteiger partial charge in [0.1, 0.15) is 0 Å². The van der Waals surface area contributed by atoms with Crippen molar-refractivity contribution >= 4 is 0 Å². The summed E-state index contributed by atoms with van der Waals surface area (Å²) in [5.41, 5.74) is 1.34. The Morgan fingerprint density at radius 2 is 2.54 bits per heavy atom. The van der Waals surface area contributed by atoms with Gasteiger partial charge in [0.2, 0.25) is 0 Å². The van der Waals surface area contributed by atoms with E-state index in [1.165, 1.54) is 12.1 Å². The molecule has 0 saturated carbocycles. The van der Waals surface area contributed by atoms with Crippen LogP contribution in [0.15, 0.2) is 12.5 Å². The summed E-state index contributed by atoms with van der Waals surface area (Å²) in [7, 11) is 0. The normalized spacial score (nSPS) is 28.2. The van der Waals surface area contributed by atoms with Crippen LogP contribution < -0.4 is 5.32 Å². The summed E-state index contributed by atoms with van der Waals surface area (Å²) in [6.07, 6.45) is 5.19. The molecule has 0 aliphatic carbocycles. The highest BCUT2D eigenvalue weighted by molar-refractivity contribution is 5.08. The molecule has 2 heterocycles. The van der Waals surface area contributed by atoms with Crippen molar-refractivity contribution in [1.29, 1.82) is 0 Å². The Kier molecular flexibility index (Phi) is 2.36. The number of rotatable bonds is 2. The molecule has 0 spiro atoms. The molecule has 0 bridgehead atoms. The van der Waals surface area contributed by atoms with E-state index in [0.717, 1.165) is 19.0 Å². The zero-order chi connectivity index (χ0) is 9.26. The van der Waals surface area contributed by atoms with E-state index < -0.39 is 0 Å². The van der Waals surface area contributed by atoms with Crippen LogP contribution in [0.4, 0.5) is 0 Å². The van der Waals surface area contributed by atoms with Crippen molar-refractivity contribution in [3.05, 3.63) is 18.2 Å². The van der Waals surface area contributed by atoms with E-state index in [9.17, 15) is 0 Å². The molecular formula is C10H17N3. The van der Waals surface area contributed by atoms with Crippen LogP contribution in [0.3, 0.4) is 0 Å². The lowest BCUT2D eigenvalue weighted by Gasteiger charge is -2.16. The molecule has 1 saturated heterocycles. The third-order valence-corrected chi connectivity index (χ3v) is 2.94. The molecule has 1 N–H and O–H groups in total. The van der Waals surface area contributed by atoms with Gasteiger partial charge < -0.3 is 9.88 Å². The summed E-state index contributed by atoms with van der Waals surface area (Å²) < 4.78 is 2.22. The standard InChI is InChI=1S/C10H17N3/c1-3-13-7-11-6-9(13)10-8(2)4-5-12-10/h6-8,10,12H,3-5H2,1-2H3. The topological polar surface area (TPSA) is 29.9 Å². The van der Waals surface area contributed by atoms with Gasteiger partial charge in [-0.3, -0.25) is 0 Å². The van der Waals surface area contributed by atoms with Crippen LogP contribution in [0.2, 0.25) is 0 Å². The van der Waals surface area contributed by atoms with Crippen molar-refractivity contribution in [1.82, 2.24) is 14.9 Å². The fraction of sp³-hybridized carbons (Fsp3) is 0.700. The second kappa shape index (κ2) is 3.50. The molecule has 2 rings (SSSR count). The van der Waals surface area contributed by atoms with E-state index in [4.69, 9.17) is 0 Å². The first kappa shape index (κ1) is 8.75. The Bertz CT molecular complexity index is 279. The van der Waals surface area contributed by atoms with Gasteiger partial charge in [0.25, 0.3) is 0 Å². The number of aromatic nitrogens is 2. The molecule has 2 unspecified atom stereocenters. The smallest absolute Gasteiger partial charge is 0.0948 e. The van der Waals surface area contributed by atoms with Crippen molar-refractivity contribution < 1.29 is 0 Å². The van der Waals surface area contributed by atoms with Gasteiger partial charge in [0, 0.05) is 12.7 Å². The second-order valence-electron chi connectivity index (χ2n) is 3.80. The molecular weight excluding hydrogens is 162 g/mol. The molecule has 0 aromatic carbocycles. The van der Waals surface area contributed by atoms with Gasteiger partial charge >= 0.3 is 0 Å². The van der Waals surface area contributed by atoms with Crippen molar-refractivity contribution in [2.45, 2.75) is 32.9 Å². The molecule has 2 atom stereocenters. The van der Waals surface area contributed by atoms with Crippen LogP contribution in [-0.2, 0) is 6.54 Å². The molecule has 1 aliphatic rings. The van der Waals surface area contributed by atoms with Crippen LogP contribution in [0.5, 0.6) is 0 Å². The molecule has 1 fully saturated rings. The average molecular weight is 179 g/mol. The van der Waals surface area contributed by atoms with E-state index in [1.54, 1.807) is 0 Å². The maximum Gasteiger partial charge on any atom is 0.0948 e. The molecule has 0 radical (unpaired) electrons. The number of nitrogens with one attached hydrogen (secondary N) is 1. The maximum absolute atomic E-state index is 4.19. The Morgan fingerprint density at radius 1 is 1.69 bits per heavy atom. The van der Waals surface area contributed by atoms with Crippen molar-refractivity contribution in [2.75, 3.05) is 6.54 Å². The van der Waals surface area contributed by atoms with Crippen LogP contribution in [-0.4, -0.2) is 16.1 Å². The van der Waals surface area contributed by atoms with Crippen molar-refractivity contribution in [3.8, 4) is 0 Å². The van der Waals surface area contributed by atoms with Gasteiger partial charge in [-0.2, -0.15) is 0 Å². The number of hydrogen-bond acceptors (Lipinski definition) is 2. The fourth-order valence-electron chi connectivity index (χ4n) is 2.08. The Hall–Kier alpha value is -0.830. The predicted molar refractivity (Wildman–Crippen MR) is 52.4 cm³/mol. The van der Waals surface area contributed by atoms with Gasteiger partial charge in [-0.1, -0.05) is 6.92 Å². The third-order valence-electron chi connectivity index (χ3n) is 2.94. The number of imidazole rings is 1. The summed E-state index contributed by atoms with van der Waals surface area (Å²) in [6, 6.07) is 0.516. The molecule has 1 aromatic rings. The first-order valence-corrected chi connectivity index (χ1v) is 5.06. The summed E-state index contributed by atoms with van der Waals surface area (Å²) >= 11 is 0. The molecule has 0 amide bonds. The quantitative estimate of drug-likeness (QED) is 0.747. The summed E-state index contributed by atoms with van der Waals surface area (Å²) in [6.45, 7) is 6.61. The van der Waals surface area contributed by atoms with Gasteiger partial charge in [0.15, 0.2) is 0 Å². The highest BCUT2D eigenvalue weighted by Crippen LogP contribution is 2.28. The second-order valence-corrected chi connectivity index (χ2v) is 3.80. The first-order chi connectivity index (χ1) is 6.33. The first-order valence-electron chi connectivity index (χ1n) is 5.06. The molecule has 72 valence electrons. The molecule has 3 heteroatoms. The summed E-state index contributed by atoms with van der Waals surface area (Å²) in [4.78, 5) is 4.19. The number of hydrogen-bond donors (Lipinski definition) is 1. The number of aryl methyl sites for hydroxylation is 1. The SMILES string of the molecule is CCn1cncc1C1NCCC1C. The van der Waals surface area contributed by atoms with Crippen LogP contribution in [0.25, 0.3) is 0 Å². The lowest BCUT2D eigenvalue weighted by molar-refractivity contribution is 0.471. The zero-order valence-electron chi connectivity index (χ0n) is 8.33. The Balaban J connectivity index is 2.23. The van der Waals surface area contributed by atoms with Crippen LogP contribution in [0, 0.1) is 5.92 Å². The number of nitrogens with zero attached hydrogens (tertiary/aromatic N) is 2. The minimum Gasteiger partial charge on any atom is -0.333 e. The predicted octanol–water partition coefficient (Wildman–Crippen LogP) is 1.57. The van der Waals surface area contributed by atoms with Gasteiger partial charge in [-0.05, 0) is 25.8 Å². The highest BCUT2D eigenvalue weighted by Gasteiger charge is 2.26.